The average Bonchev–Trinajstić information content (AvgIpc) is 2.32. The van der Waals surface area contributed by atoms with Crippen LogP contribution in [0.25, 0.3) is 0 Å². The molecule has 4 heteroatoms. The molecule has 0 fully saturated rings. The van der Waals surface area contributed by atoms with E-state index in [2.05, 4.69) is 0 Å². The molecule has 2 aromatic rings. The van der Waals surface area contributed by atoms with Crippen molar-refractivity contribution >= 4 is 11.6 Å². The average molecular weight is 269 g/mol. The predicted octanol–water partition coefficient (Wildman–Crippen LogP) is 4.51. The van der Waals surface area contributed by atoms with Gasteiger partial charge in [0.2, 0.25) is 0 Å². The van der Waals surface area contributed by atoms with Gasteiger partial charge >= 0.3 is 0 Å². The van der Waals surface area contributed by atoms with E-state index in [0.29, 0.717) is 16.3 Å². The highest BCUT2D eigenvalue weighted by Gasteiger charge is 2.06. The van der Waals surface area contributed by atoms with Gasteiger partial charge in [0.05, 0.1) is 0 Å². The van der Waals surface area contributed by atoms with Crippen molar-refractivity contribution in [3.63, 3.8) is 0 Å². The van der Waals surface area contributed by atoms with E-state index < -0.39 is 11.6 Å². The van der Waals surface area contributed by atoms with Crippen molar-refractivity contribution in [3.8, 4) is 5.75 Å². The fraction of sp³-hybridized carbons (Fsp3) is 0.143. The van der Waals surface area contributed by atoms with Gasteiger partial charge < -0.3 is 4.74 Å². The maximum absolute atomic E-state index is 13.4. The number of halogens is 3. The zero-order valence-electron chi connectivity index (χ0n) is 9.71. The minimum Gasteiger partial charge on any atom is -0.488 e. The van der Waals surface area contributed by atoms with Crippen LogP contribution in [-0.2, 0) is 6.61 Å². The van der Waals surface area contributed by atoms with Gasteiger partial charge in [0.15, 0.2) is 0 Å². The molecule has 94 valence electrons. The summed E-state index contributed by atoms with van der Waals surface area (Å²) in [5.74, 6) is -0.629. The molecule has 0 unspecified atom stereocenters. The molecule has 2 rings (SSSR count). The van der Waals surface area contributed by atoms with Gasteiger partial charge in [-0.1, -0.05) is 17.7 Å². The number of benzene rings is 2. The lowest BCUT2D eigenvalue weighted by Gasteiger charge is -2.10. The maximum atomic E-state index is 13.4. The molecular weight excluding hydrogens is 258 g/mol. The van der Waals surface area contributed by atoms with Crippen molar-refractivity contribution in [2.45, 2.75) is 13.5 Å². The Morgan fingerprint density at radius 3 is 2.61 bits per heavy atom. The molecule has 0 saturated carbocycles. The second-order valence-corrected chi connectivity index (χ2v) is 4.37. The van der Waals surface area contributed by atoms with E-state index >= 15 is 0 Å². The maximum Gasteiger partial charge on any atom is 0.132 e. The highest BCUT2D eigenvalue weighted by atomic mass is 35.5. The van der Waals surface area contributed by atoms with Gasteiger partial charge in [-0.2, -0.15) is 0 Å². The number of ether oxygens (including phenoxy) is 1. The summed E-state index contributed by atoms with van der Waals surface area (Å²) in [5.41, 5.74) is 1.21. The second kappa shape index (κ2) is 5.36. The van der Waals surface area contributed by atoms with Gasteiger partial charge in [-0.3, -0.25) is 0 Å². The Balaban J connectivity index is 2.13. The molecule has 0 atom stereocenters. The van der Waals surface area contributed by atoms with E-state index in [1.807, 2.05) is 13.0 Å². The Morgan fingerprint density at radius 2 is 1.89 bits per heavy atom. The normalized spacial score (nSPS) is 10.4. The molecule has 1 nitrogen and oxygen atoms in total. The lowest BCUT2D eigenvalue weighted by atomic mass is 10.2. The van der Waals surface area contributed by atoms with Crippen LogP contribution in [0.3, 0.4) is 0 Å². The van der Waals surface area contributed by atoms with Crippen molar-refractivity contribution < 1.29 is 13.5 Å². The van der Waals surface area contributed by atoms with Crippen LogP contribution in [0.15, 0.2) is 36.4 Å². The minimum atomic E-state index is -0.616. The third kappa shape index (κ3) is 2.99. The first-order chi connectivity index (χ1) is 8.56. The monoisotopic (exact) mass is 268 g/mol. The van der Waals surface area contributed by atoms with Crippen LogP contribution in [0.4, 0.5) is 8.78 Å². The second-order valence-electron chi connectivity index (χ2n) is 3.93. The van der Waals surface area contributed by atoms with Crippen molar-refractivity contribution in [1.29, 1.82) is 0 Å². The van der Waals surface area contributed by atoms with Crippen molar-refractivity contribution in [2.24, 2.45) is 0 Å². The minimum absolute atomic E-state index is 0.0350. The van der Waals surface area contributed by atoms with Crippen molar-refractivity contribution in [2.75, 3.05) is 0 Å². The molecule has 0 aliphatic rings. The molecule has 0 aliphatic carbocycles. The Labute approximate surface area is 109 Å². The number of hydrogen-bond donors (Lipinski definition) is 0. The molecule has 18 heavy (non-hydrogen) atoms. The lowest BCUT2D eigenvalue weighted by Crippen LogP contribution is -2.00. The molecule has 0 heterocycles. The molecule has 0 bridgehead atoms. The fourth-order valence-corrected chi connectivity index (χ4v) is 1.69. The molecule has 0 aliphatic heterocycles. The summed E-state index contributed by atoms with van der Waals surface area (Å²) in [6, 6.07) is 8.64. The zero-order valence-corrected chi connectivity index (χ0v) is 10.5. The first kappa shape index (κ1) is 12.8. The van der Waals surface area contributed by atoms with Crippen LogP contribution in [0.1, 0.15) is 11.1 Å². The summed E-state index contributed by atoms with van der Waals surface area (Å²) in [6.07, 6.45) is 0. The first-order valence-electron chi connectivity index (χ1n) is 5.39. The topological polar surface area (TPSA) is 9.23 Å². The van der Waals surface area contributed by atoms with E-state index in [4.69, 9.17) is 16.3 Å². The Morgan fingerprint density at radius 1 is 1.11 bits per heavy atom. The van der Waals surface area contributed by atoms with Crippen LogP contribution in [0.5, 0.6) is 5.75 Å². The van der Waals surface area contributed by atoms with Crippen molar-refractivity contribution in [3.05, 3.63) is 64.2 Å². The van der Waals surface area contributed by atoms with Gasteiger partial charge in [-0.15, -0.1) is 0 Å². The molecule has 0 saturated heterocycles. The molecule has 0 spiro atoms. The van der Waals surface area contributed by atoms with Gasteiger partial charge in [0, 0.05) is 16.7 Å². The Hall–Kier alpha value is -1.61. The van der Waals surface area contributed by atoms with E-state index in [1.54, 1.807) is 12.1 Å². The molecule has 0 aromatic heterocycles. The third-order valence-electron chi connectivity index (χ3n) is 2.55. The first-order valence-corrected chi connectivity index (χ1v) is 5.77. The highest BCUT2D eigenvalue weighted by Crippen LogP contribution is 2.23. The van der Waals surface area contributed by atoms with E-state index in [-0.39, 0.29) is 6.61 Å². The van der Waals surface area contributed by atoms with Crippen LogP contribution >= 0.6 is 11.6 Å². The molecule has 2 aromatic carbocycles. The van der Waals surface area contributed by atoms with Crippen molar-refractivity contribution in [1.82, 2.24) is 0 Å². The van der Waals surface area contributed by atoms with Gasteiger partial charge in [0.1, 0.15) is 24.0 Å². The summed E-state index contributed by atoms with van der Waals surface area (Å²) < 4.78 is 31.6. The summed E-state index contributed by atoms with van der Waals surface area (Å²) in [4.78, 5) is 0. The summed E-state index contributed by atoms with van der Waals surface area (Å²) in [5, 5.41) is 0.551. The summed E-state index contributed by atoms with van der Waals surface area (Å²) in [6.45, 7) is 1.90. The van der Waals surface area contributed by atoms with Gasteiger partial charge in [-0.05, 0) is 36.8 Å². The molecule has 0 amide bonds. The molecular formula is C14H11ClF2O. The van der Waals surface area contributed by atoms with Gasteiger partial charge in [-0.25, -0.2) is 8.78 Å². The summed E-state index contributed by atoms with van der Waals surface area (Å²) >= 11 is 5.85. The number of hydrogen-bond acceptors (Lipinski definition) is 1. The van der Waals surface area contributed by atoms with Crippen LogP contribution in [0.2, 0.25) is 5.02 Å². The predicted molar refractivity (Wildman–Crippen MR) is 66.9 cm³/mol. The summed E-state index contributed by atoms with van der Waals surface area (Å²) in [7, 11) is 0. The SMILES string of the molecule is Cc1ccc(Cl)cc1OCc1ccc(F)cc1F. The Bertz CT molecular complexity index is 570. The highest BCUT2D eigenvalue weighted by molar-refractivity contribution is 6.30. The van der Waals surface area contributed by atoms with E-state index in [1.165, 1.54) is 12.1 Å². The third-order valence-corrected chi connectivity index (χ3v) is 2.78. The number of rotatable bonds is 3. The van der Waals surface area contributed by atoms with Crippen LogP contribution < -0.4 is 4.74 Å². The van der Waals surface area contributed by atoms with E-state index in [0.717, 1.165) is 11.6 Å². The quantitative estimate of drug-likeness (QED) is 0.796. The lowest BCUT2D eigenvalue weighted by molar-refractivity contribution is 0.297. The molecule has 0 N–H and O–H groups in total. The molecule has 0 radical (unpaired) electrons. The smallest absolute Gasteiger partial charge is 0.132 e. The van der Waals surface area contributed by atoms with Gasteiger partial charge in [0.25, 0.3) is 0 Å². The fourth-order valence-electron chi connectivity index (χ4n) is 1.52. The zero-order chi connectivity index (χ0) is 13.1. The standard InChI is InChI=1S/C14H11ClF2O/c1-9-2-4-11(15)6-14(9)18-8-10-3-5-12(16)7-13(10)17/h2-7H,8H2,1H3. The Kier molecular flexibility index (Phi) is 3.82. The number of aryl methyl sites for hydroxylation is 1. The van der Waals surface area contributed by atoms with E-state index in [9.17, 15) is 8.78 Å². The largest absolute Gasteiger partial charge is 0.488 e. The van der Waals surface area contributed by atoms with Crippen LogP contribution in [-0.4, -0.2) is 0 Å². The van der Waals surface area contributed by atoms with Crippen LogP contribution in [0, 0.1) is 18.6 Å².